The van der Waals surface area contributed by atoms with Crippen molar-refractivity contribution in [3.05, 3.63) is 69.8 Å². The lowest BCUT2D eigenvalue weighted by atomic mass is 10.0. The highest BCUT2D eigenvalue weighted by atomic mass is 16.1. The molecule has 2 aliphatic carbocycles. The smallest absolute Gasteiger partial charge is 0.278 e. The maximum Gasteiger partial charge on any atom is 0.278 e. The number of benzene rings is 1. The van der Waals surface area contributed by atoms with Crippen molar-refractivity contribution in [2.75, 3.05) is 11.9 Å². The van der Waals surface area contributed by atoms with Crippen molar-refractivity contribution in [3.8, 4) is 5.82 Å². The Morgan fingerprint density at radius 2 is 1.94 bits per heavy atom. The van der Waals surface area contributed by atoms with Crippen LogP contribution in [0.3, 0.4) is 0 Å². The molecule has 0 amide bonds. The Labute approximate surface area is 190 Å². The summed E-state index contributed by atoms with van der Waals surface area (Å²) in [5, 5.41) is 7.28. The first kappa shape index (κ1) is 19.0. The number of pyridine rings is 1. The number of nitrogens with one attached hydrogen (secondary N) is 2. The van der Waals surface area contributed by atoms with Gasteiger partial charge in [-0.1, -0.05) is 12.1 Å². The fraction of sp³-hybridized carbons (Fsp3) is 0.360. The van der Waals surface area contributed by atoms with Crippen molar-refractivity contribution >= 4 is 22.7 Å². The van der Waals surface area contributed by atoms with E-state index in [1.807, 2.05) is 21.5 Å². The second-order valence-corrected chi connectivity index (χ2v) is 9.35. The molecule has 4 aromatic rings. The van der Waals surface area contributed by atoms with Crippen LogP contribution in [-0.4, -0.2) is 30.9 Å². The zero-order valence-corrected chi connectivity index (χ0v) is 18.3. The van der Waals surface area contributed by atoms with Gasteiger partial charge >= 0.3 is 0 Å². The van der Waals surface area contributed by atoms with E-state index in [9.17, 15) is 4.79 Å². The molecule has 33 heavy (non-hydrogen) atoms. The van der Waals surface area contributed by atoms with Crippen molar-refractivity contribution < 1.29 is 0 Å². The van der Waals surface area contributed by atoms with Crippen LogP contribution >= 0.6 is 0 Å². The van der Waals surface area contributed by atoms with E-state index in [4.69, 9.17) is 9.97 Å². The number of hydrogen-bond acceptors (Lipinski definition) is 6. The maximum absolute atomic E-state index is 13.3. The van der Waals surface area contributed by atoms with Crippen molar-refractivity contribution in [2.24, 2.45) is 0 Å². The molecule has 0 spiro atoms. The first-order chi connectivity index (χ1) is 16.2. The first-order valence-electron chi connectivity index (χ1n) is 11.8. The van der Waals surface area contributed by atoms with Crippen molar-refractivity contribution in [1.82, 2.24) is 29.6 Å². The van der Waals surface area contributed by atoms with Crippen LogP contribution in [0.25, 0.3) is 16.9 Å². The molecule has 0 atom stereocenters. The third-order valence-corrected chi connectivity index (χ3v) is 6.83. The molecular weight excluding hydrogens is 414 g/mol. The summed E-state index contributed by atoms with van der Waals surface area (Å²) in [6.45, 7) is 1.90. The van der Waals surface area contributed by atoms with E-state index >= 15 is 0 Å². The van der Waals surface area contributed by atoms with E-state index in [-0.39, 0.29) is 11.6 Å². The molecule has 4 heterocycles. The zero-order chi connectivity index (χ0) is 21.9. The Kier molecular flexibility index (Phi) is 4.17. The van der Waals surface area contributed by atoms with Gasteiger partial charge in [0.15, 0.2) is 11.5 Å². The van der Waals surface area contributed by atoms with Gasteiger partial charge in [0.2, 0.25) is 5.95 Å². The molecule has 0 unspecified atom stereocenters. The summed E-state index contributed by atoms with van der Waals surface area (Å²) in [6, 6.07) is 12.7. The summed E-state index contributed by atoms with van der Waals surface area (Å²) in [5.41, 5.74) is 5.29. The van der Waals surface area contributed by atoms with E-state index in [1.165, 1.54) is 24.0 Å². The molecule has 7 rings (SSSR count). The van der Waals surface area contributed by atoms with Gasteiger partial charge in [0.25, 0.3) is 5.56 Å². The van der Waals surface area contributed by atoms with E-state index in [0.29, 0.717) is 22.9 Å². The van der Waals surface area contributed by atoms with Crippen LogP contribution in [0.5, 0.6) is 0 Å². The topological polar surface area (TPSA) is 89.7 Å². The van der Waals surface area contributed by atoms with Crippen molar-refractivity contribution in [3.63, 3.8) is 0 Å². The summed E-state index contributed by atoms with van der Waals surface area (Å²) in [6.07, 6.45) is 7.03. The fourth-order valence-electron chi connectivity index (χ4n) is 4.78. The summed E-state index contributed by atoms with van der Waals surface area (Å²) in [5.74, 6) is 1.78. The van der Waals surface area contributed by atoms with Crippen LogP contribution < -0.4 is 16.2 Å². The molecule has 8 heteroatoms. The second kappa shape index (κ2) is 7.25. The maximum atomic E-state index is 13.3. The Balaban J connectivity index is 1.33. The molecule has 0 radical (unpaired) electrons. The first-order valence-corrected chi connectivity index (χ1v) is 11.8. The molecular formula is C25H25N7O. The molecule has 0 bridgehead atoms. The molecule has 1 aliphatic heterocycles. The van der Waals surface area contributed by atoms with Gasteiger partial charge in [0.1, 0.15) is 5.39 Å². The number of nitrogens with zero attached hydrogens (tertiary/aromatic N) is 5. The van der Waals surface area contributed by atoms with Crippen LogP contribution in [0.1, 0.15) is 54.5 Å². The summed E-state index contributed by atoms with van der Waals surface area (Å²) in [4.78, 5) is 27.5. The van der Waals surface area contributed by atoms with Gasteiger partial charge in [-0.15, -0.1) is 0 Å². The number of hydrogen-bond donors (Lipinski definition) is 2. The highest BCUT2D eigenvalue weighted by Gasteiger charge is 2.32. The average molecular weight is 440 g/mol. The Hall–Kier alpha value is -3.52. The standard InChI is InChI=1S/C25H25N7O/c33-24-20-14-27-25(28-18-7-6-17-13-26-11-10-16(17)12-18)30-23(20)32(31(24)19-8-9-19)22-3-1-2-21(29-22)15-4-5-15/h1-3,6-7,12,14-15,19,26H,4-5,8-11,13H2,(H,27,28,30). The van der Waals surface area contributed by atoms with Gasteiger partial charge in [0, 0.05) is 30.0 Å². The molecule has 166 valence electrons. The molecule has 3 aliphatic rings. The molecule has 2 saturated carbocycles. The second-order valence-electron chi connectivity index (χ2n) is 9.35. The summed E-state index contributed by atoms with van der Waals surface area (Å²) >= 11 is 0. The van der Waals surface area contributed by atoms with Gasteiger partial charge in [-0.3, -0.25) is 4.79 Å². The van der Waals surface area contributed by atoms with E-state index in [0.717, 1.165) is 49.6 Å². The Bertz CT molecular complexity index is 1450. The average Bonchev–Trinajstić information content (AvgIpc) is 3.77. The van der Waals surface area contributed by atoms with E-state index < -0.39 is 0 Å². The van der Waals surface area contributed by atoms with Crippen molar-refractivity contribution in [2.45, 2.75) is 50.6 Å². The fourth-order valence-corrected chi connectivity index (χ4v) is 4.78. The minimum absolute atomic E-state index is 0.0426. The highest BCUT2D eigenvalue weighted by molar-refractivity contribution is 5.77. The third-order valence-electron chi connectivity index (χ3n) is 6.83. The van der Waals surface area contributed by atoms with Crippen LogP contribution in [0.15, 0.2) is 47.4 Å². The van der Waals surface area contributed by atoms with Gasteiger partial charge in [-0.25, -0.2) is 19.3 Å². The number of aromatic nitrogens is 5. The van der Waals surface area contributed by atoms with Gasteiger partial charge in [-0.05, 0) is 74.0 Å². The minimum Gasteiger partial charge on any atom is -0.324 e. The summed E-state index contributed by atoms with van der Waals surface area (Å²) < 4.78 is 3.74. The predicted molar refractivity (Wildman–Crippen MR) is 126 cm³/mol. The van der Waals surface area contributed by atoms with Gasteiger partial charge < -0.3 is 10.6 Å². The van der Waals surface area contributed by atoms with Crippen LogP contribution in [0.2, 0.25) is 0 Å². The monoisotopic (exact) mass is 439 g/mol. The molecule has 8 nitrogen and oxygen atoms in total. The lowest BCUT2D eigenvalue weighted by Gasteiger charge is -2.18. The lowest BCUT2D eigenvalue weighted by Crippen LogP contribution is -2.23. The number of rotatable bonds is 5. The zero-order valence-electron chi connectivity index (χ0n) is 18.3. The SMILES string of the molecule is O=c1c2cnc(Nc3ccc4c(c3)CCNC4)nc2n(-c2cccc(C3CC3)n2)n1C1CC1. The molecule has 2 N–H and O–H groups in total. The van der Waals surface area contributed by atoms with Gasteiger partial charge in [0.05, 0.1) is 6.04 Å². The lowest BCUT2D eigenvalue weighted by molar-refractivity contribution is 0.552. The molecule has 0 saturated heterocycles. The van der Waals surface area contributed by atoms with Crippen LogP contribution in [-0.2, 0) is 13.0 Å². The van der Waals surface area contributed by atoms with Crippen molar-refractivity contribution in [1.29, 1.82) is 0 Å². The van der Waals surface area contributed by atoms with E-state index in [1.54, 1.807) is 6.20 Å². The summed E-state index contributed by atoms with van der Waals surface area (Å²) in [7, 11) is 0. The predicted octanol–water partition coefficient (Wildman–Crippen LogP) is 3.58. The third kappa shape index (κ3) is 3.33. The molecule has 3 aromatic heterocycles. The molecule has 1 aromatic carbocycles. The van der Waals surface area contributed by atoms with Gasteiger partial charge in [-0.2, -0.15) is 4.98 Å². The molecule has 2 fully saturated rings. The van der Waals surface area contributed by atoms with Crippen LogP contribution in [0.4, 0.5) is 11.6 Å². The quantitative estimate of drug-likeness (QED) is 0.494. The van der Waals surface area contributed by atoms with Crippen LogP contribution in [0, 0.1) is 0 Å². The highest BCUT2D eigenvalue weighted by Crippen LogP contribution is 2.40. The Morgan fingerprint density at radius 3 is 2.79 bits per heavy atom. The largest absolute Gasteiger partial charge is 0.324 e. The minimum atomic E-state index is -0.0426. The number of anilines is 2. The Morgan fingerprint density at radius 1 is 1.03 bits per heavy atom. The van der Waals surface area contributed by atoms with E-state index in [2.05, 4.69) is 39.9 Å². The normalized spacial score (nSPS) is 17.8. The number of fused-ring (bicyclic) bond motifs is 2.